The van der Waals surface area contributed by atoms with Crippen LogP contribution in [0.5, 0.6) is 0 Å². The van der Waals surface area contributed by atoms with Gasteiger partial charge in [0.1, 0.15) is 23.2 Å². The minimum atomic E-state index is -1.55. The third kappa shape index (κ3) is 5.26. The molecule has 3 rings (SSSR count). The molecule has 2 N–H and O–H groups in total. The van der Waals surface area contributed by atoms with Gasteiger partial charge in [0.25, 0.3) is 0 Å². The Labute approximate surface area is 185 Å². The summed E-state index contributed by atoms with van der Waals surface area (Å²) in [6, 6.07) is 33.2. The predicted molar refractivity (Wildman–Crippen MR) is 106 cm³/mol. The molecule has 0 unspecified atom stereocenters. The third-order valence-corrected chi connectivity index (χ3v) is 8.81. The second kappa shape index (κ2) is 12.0. The molecule has 0 atom stereocenters. The fraction of sp³-hybridized carbons (Fsp3) is 0.143. The standard InChI is InChI=1S/C21H22P.BrH.H2N.Na/c1-2-18-22(19-12-6-3-7-13-19,20-14-8-4-9-15-20)21-16-10-5-11-17-21;;;/h3-17H,2,18H2,1H3;1H;1H2;/q+1;;-1;+1/p-1. The molecular weight excluding hydrogens is 400 g/mol. The summed E-state index contributed by atoms with van der Waals surface area (Å²) < 4.78 is 0. The molecule has 0 spiro atoms. The molecule has 3 aromatic rings. The quantitative estimate of drug-likeness (QED) is 0.377. The number of nitrogens with two attached hydrogens (primary N) is 1. The SMILES string of the molecule is CCC[P+](c1ccccc1)(c1ccccc1)c1ccccc1.[Br-].[NH2-].[Na+]. The number of rotatable bonds is 5. The Balaban J connectivity index is 0.00000192. The van der Waals surface area contributed by atoms with Crippen LogP contribution < -0.4 is 62.5 Å². The summed E-state index contributed by atoms with van der Waals surface area (Å²) in [6.07, 6.45) is 2.40. The first-order valence-electron chi connectivity index (χ1n) is 7.93. The maximum absolute atomic E-state index is 2.31. The summed E-state index contributed by atoms with van der Waals surface area (Å²) in [5, 5.41) is 4.44. The Kier molecular flexibility index (Phi) is 11.8. The zero-order chi connectivity index (χ0) is 15.3. The number of halogens is 1. The van der Waals surface area contributed by atoms with E-state index >= 15 is 0 Å². The molecule has 4 heteroatoms. The molecule has 126 valence electrons. The van der Waals surface area contributed by atoms with E-state index in [1.807, 2.05) is 0 Å². The van der Waals surface area contributed by atoms with E-state index in [-0.39, 0.29) is 52.7 Å². The summed E-state index contributed by atoms with van der Waals surface area (Å²) in [7, 11) is -1.55. The minimum Gasteiger partial charge on any atom is -1.00 e. The molecule has 0 aromatic heterocycles. The molecule has 25 heavy (non-hydrogen) atoms. The molecule has 0 fully saturated rings. The van der Waals surface area contributed by atoms with Gasteiger partial charge in [-0.05, 0) is 42.8 Å². The van der Waals surface area contributed by atoms with Gasteiger partial charge in [-0.3, -0.25) is 0 Å². The van der Waals surface area contributed by atoms with Crippen molar-refractivity contribution in [1.29, 1.82) is 0 Å². The van der Waals surface area contributed by atoms with Crippen LogP contribution in [-0.2, 0) is 0 Å². The Morgan fingerprint density at radius 2 is 0.880 bits per heavy atom. The van der Waals surface area contributed by atoms with Crippen molar-refractivity contribution in [2.75, 3.05) is 6.16 Å². The summed E-state index contributed by atoms with van der Waals surface area (Å²) in [6.45, 7) is 2.30. The van der Waals surface area contributed by atoms with Crippen molar-refractivity contribution < 1.29 is 46.5 Å². The van der Waals surface area contributed by atoms with E-state index in [4.69, 9.17) is 0 Å². The molecule has 0 bridgehead atoms. The van der Waals surface area contributed by atoms with Gasteiger partial charge in [0.2, 0.25) is 0 Å². The van der Waals surface area contributed by atoms with Gasteiger partial charge >= 0.3 is 29.6 Å². The Morgan fingerprint density at radius 3 is 1.12 bits per heavy atom. The predicted octanol–water partition coefficient (Wildman–Crippen LogP) is -0.884. The van der Waals surface area contributed by atoms with Gasteiger partial charge in [0.15, 0.2) is 0 Å². The van der Waals surface area contributed by atoms with Crippen LogP contribution in [0.15, 0.2) is 91.0 Å². The van der Waals surface area contributed by atoms with Gasteiger partial charge in [-0.15, -0.1) is 0 Å². The average Bonchev–Trinajstić information content (AvgIpc) is 2.62. The summed E-state index contributed by atoms with van der Waals surface area (Å²) in [5.41, 5.74) is 0. The van der Waals surface area contributed by atoms with Crippen LogP contribution in [0.4, 0.5) is 0 Å². The Bertz CT molecular complexity index is 611. The maximum atomic E-state index is 2.31. The number of benzene rings is 3. The molecular formula is C21H24BrNNaP. The normalized spacial score (nSPS) is 9.96. The van der Waals surface area contributed by atoms with E-state index in [1.165, 1.54) is 28.5 Å². The zero-order valence-corrected chi connectivity index (χ0v) is 19.5. The van der Waals surface area contributed by atoms with E-state index < -0.39 is 7.26 Å². The van der Waals surface area contributed by atoms with E-state index in [1.54, 1.807) is 0 Å². The van der Waals surface area contributed by atoms with Gasteiger partial charge < -0.3 is 23.1 Å². The molecule has 0 aliphatic rings. The first kappa shape index (κ1) is 24.5. The van der Waals surface area contributed by atoms with E-state index in [2.05, 4.69) is 97.9 Å². The van der Waals surface area contributed by atoms with Crippen molar-refractivity contribution in [3.05, 3.63) is 97.1 Å². The van der Waals surface area contributed by atoms with E-state index in [0.717, 1.165) is 0 Å². The monoisotopic (exact) mass is 423 g/mol. The van der Waals surface area contributed by atoms with Crippen molar-refractivity contribution in [1.82, 2.24) is 0 Å². The zero-order valence-electron chi connectivity index (χ0n) is 15.0. The smallest absolute Gasteiger partial charge is 1.00 e. The van der Waals surface area contributed by atoms with Crippen LogP contribution in [0.3, 0.4) is 0 Å². The van der Waals surface area contributed by atoms with Crippen LogP contribution >= 0.6 is 7.26 Å². The van der Waals surface area contributed by atoms with Gasteiger partial charge in [-0.2, -0.15) is 0 Å². The number of hydrogen-bond acceptors (Lipinski definition) is 0. The van der Waals surface area contributed by atoms with Crippen LogP contribution in [-0.4, -0.2) is 6.16 Å². The summed E-state index contributed by atoms with van der Waals surface area (Å²) in [4.78, 5) is 0. The van der Waals surface area contributed by atoms with Crippen molar-refractivity contribution in [2.24, 2.45) is 0 Å². The van der Waals surface area contributed by atoms with Crippen LogP contribution in [0, 0.1) is 0 Å². The Morgan fingerprint density at radius 1 is 0.600 bits per heavy atom. The fourth-order valence-electron chi connectivity index (χ4n) is 3.22. The molecule has 1 nitrogen and oxygen atoms in total. The van der Waals surface area contributed by atoms with Crippen molar-refractivity contribution in [3.8, 4) is 0 Å². The van der Waals surface area contributed by atoms with Gasteiger partial charge in [0, 0.05) is 0 Å². The van der Waals surface area contributed by atoms with E-state index in [9.17, 15) is 0 Å². The van der Waals surface area contributed by atoms with Crippen molar-refractivity contribution in [3.63, 3.8) is 0 Å². The van der Waals surface area contributed by atoms with Crippen LogP contribution in [0.2, 0.25) is 0 Å². The summed E-state index contributed by atoms with van der Waals surface area (Å²) in [5.74, 6) is 0. The van der Waals surface area contributed by atoms with Crippen LogP contribution in [0.1, 0.15) is 13.3 Å². The maximum Gasteiger partial charge on any atom is 1.00 e. The molecule has 0 saturated carbocycles. The van der Waals surface area contributed by atoms with Crippen LogP contribution in [0.25, 0.3) is 6.15 Å². The molecule has 0 saturated heterocycles. The topological polar surface area (TPSA) is 33.5 Å². The first-order chi connectivity index (χ1) is 10.9. The molecule has 0 aliphatic carbocycles. The van der Waals surface area contributed by atoms with Gasteiger partial charge in [0.05, 0.1) is 6.16 Å². The van der Waals surface area contributed by atoms with Crippen molar-refractivity contribution >= 4 is 23.2 Å². The molecule has 0 aliphatic heterocycles. The molecule has 3 aromatic carbocycles. The average molecular weight is 424 g/mol. The minimum absolute atomic E-state index is 0. The van der Waals surface area contributed by atoms with Gasteiger partial charge in [-0.25, -0.2) is 0 Å². The third-order valence-electron chi connectivity index (χ3n) is 4.15. The number of hydrogen-bond donors (Lipinski definition) is 0. The molecule has 0 heterocycles. The van der Waals surface area contributed by atoms with Crippen molar-refractivity contribution in [2.45, 2.75) is 13.3 Å². The van der Waals surface area contributed by atoms with E-state index in [0.29, 0.717) is 0 Å². The summed E-state index contributed by atoms with van der Waals surface area (Å²) >= 11 is 0. The molecule has 0 radical (unpaired) electrons. The molecule has 0 amide bonds. The first-order valence-corrected chi connectivity index (χ1v) is 9.90. The largest absolute Gasteiger partial charge is 1.00 e. The Hall–Kier alpha value is -0.470. The fourth-order valence-corrected chi connectivity index (χ4v) is 7.60. The second-order valence-electron chi connectivity index (χ2n) is 5.54. The second-order valence-corrected chi connectivity index (χ2v) is 9.16. The van der Waals surface area contributed by atoms with Gasteiger partial charge in [-0.1, -0.05) is 61.5 Å².